The van der Waals surface area contributed by atoms with Gasteiger partial charge in [0.15, 0.2) is 5.16 Å². The zero-order valence-electron chi connectivity index (χ0n) is 13.1. The molecular formula is C16H23N3O2S. The van der Waals surface area contributed by atoms with Crippen molar-refractivity contribution < 1.29 is 9.90 Å². The molecule has 0 aliphatic rings. The fourth-order valence-corrected chi connectivity index (χ4v) is 2.96. The molecule has 120 valence electrons. The molecule has 0 bridgehead atoms. The maximum Gasteiger partial charge on any atom is 0.230 e. The lowest BCUT2D eigenvalue weighted by Crippen LogP contribution is -2.40. The van der Waals surface area contributed by atoms with Crippen LogP contribution in [0.25, 0.3) is 11.0 Å². The van der Waals surface area contributed by atoms with E-state index in [0.29, 0.717) is 12.3 Å². The second kappa shape index (κ2) is 7.65. The molecule has 1 aromatic carbocycles. The smallest absolute Gasteiger partial charge is 0.230 e. The second-order valence-electron chi connectivity index (χ2n) is 5.49. The number of carbonyl (C=O) groups excluding carboxylic acids is 1. The lowest BCUT2D eigenvalue weighted by atomic mass is 9.83. The van der Waals surface area contributed by atoms with Crippen molar-refractivity contribution >= 4 is 28.7 Å². The highest BCUT2D eigenvalue weighted by atomic mass is 32.2. The van der Waals surface area contributed by atoms with Crippen LogP contribution in [0.2, 0.25) is 0 Å². The first kappa shape index (κ1) is 16.8. The van der Waals surface area contributed by atoms with E-state index in [0.717, 1.165) is 29.0 Å². The fraction of sp³-hybridized carbons (Fsp3) is 0.500. The first-order chi connectivity index (χ1) is 10.6. The van der Waals surface area contributed by atoms with Gasteiger partial charge in [0, 0.05) is 12.0 Å². The molecule has 5 nitrogen and oxygen atoms in total. The van der Waals surface area contributed by atoms with E-state index in [1.54, 1.807) is 0 Å². The maximum absolute atomic E-state index is 12.0. The third-order valence-corrected chi connectivity index (χ3v) is 5.08. The summed E-state index contributed by atoms with van der Waals surface area (Å²) >= 11 is 1.39. The monoisotopic (exact) mass is 321 g/mol. The summed E-state index contributed by atoms with van der Waals surface area (Å²) in [5, 5.41) is 13.2. The number of hydrogen-bond acceptors (Lipinski definition) is 4. The molecule has 0 atom stereocenters. The number of H-pyrrole nitrogens is 1. The normalized spacial score (nSPS) is 11.8. The number of carbonyl (C=O) groups is 1. The molecule has 2 aromatic rings. The number of hydrogen-bond donors (Lipinski definition) is 3. The topological polar surface area (TPSA) is 78.0 Å². The maximum atomic E-state index is 12.0. The largest absolute Gasteiger partial charge is 0.396 e. The average molecular weight is 321 g/mol. The molecule has 0 fully saturated rings. The van der Waals surface area contributed by atoms with Crippen LogP contribution >= 0.6 is 11.8 Å². The Labute approximate surface area is 134 Å². The number of nitrogens with one attached hydrogen (secondary N) is 2. The number of fused-ring (bicyclic) bond motifs is 1. The summed E-state index contributed by atoms with van der Waals surface area (Å²) in [6.07, 6.45) is 1.69. The van der Waals surface area contributed by atoms with Crippen LogP contribution in [0, 0.1) is 5.41 Å². The van der Waals surface area contributed by atoms with Crippen molar-refractivity contribution in [3.8, 4) is 0 Å². The molecule has 6 heteroatoms. The minimum Gasteiger partial charge on any atom is -0.396 e. The summed E-state index contributed by atoms with van der Waals surface area (Å²) in [5.41, 5.74) is 1.67. The van der Waals surface area contributed by atoms with E-state index >= 15 is 0 Å². The molecule has 0 radical (unpaired) electrons. The van der Waals surface area contributed by atoms with Crippen LogP contribution < -0.4 is 5.32 Å². The van der Waals surface area contributed by atoms with Crippen molar-refractivity contribution in [2.45, 2.75) is 31.8 Å². The number of aliphatic hydroxyl groups is 1. The molecule has 2 rings (SSSR count). The number of amides is 1. The van der Waals surface area contributed by atoms with Crippen molar-refractivity contribution in [3.63, 3.8) is 0 Å². The summed E-state index contributed by atoms with van der Waals surface area (Å²) in [5.74, 6) is 0.277. The Morgan fingerprint density at radius 1 is 1.36 bits per heavy atom. The van der Waals surface area contributed by atoms with Crippen LogP contribution in [0.1, 0.15) is 26.7 Å². The third-order valence-electron chi connectivity index (χ3n) is 4.20. The zero-order chi connectivity index (χ0) is 16.0. The molecule has 1 heterocycles. The van der Waals surface area contributed by atoms with Crippen molar-refractivity contribution in [1.29, 1.82) is 0 Å². The summed E-state index contributed by atoms with van der Waals surface area (Å²) in [7, 11) is 0. The van der Waals surface area contributed by atoms with Gasteiger partial charge in [-0.2, -0.15) is 0 Å². The van der Waals surface area contributed by atoms with Crippen molar-refractivity contribution in [2.24, 2.45) is 5.41 Å². The highest BCUT2D eigenvalue weighted by Crippen LogP contribution is 2.24. The first-order valence-electron chi connectivity index (χ1n) is 7.57. The van der Waals surface area contributed by atoms with Crippen molar-refractivity contribution in [2.75, 3.05) is 18.9 Å². The number of thioether (sulfide) groups is 1. The molecule has 1 amide bonds. The SMILES string of the molecule is CCC(CC)(CO)CNC(=O)CSc1nc2ccccc2[nH]1. The van der Waals surface area contributed by atoms with E-state index in [9.17, 15) is 9.90 Å². The summed E-state index contributed by atoms with van der Waals surface area (Å²) in [6, 6.07) is 7.79. The minimum atomic E-state index is -0.209. The van der Waals surface area contributed by atoms with Gasteiger partial charge in [0.1, 0.15) is 0 Å². The van der Waals surface area contributed by atoms with Gasteiger partial charge in [0.05, 0.1) is 23.4 Å². The van der Waals surface area contributed by atoms with Crippen molar-refractivity contribution in [1.82, 2.24) is 15.3 Å². The lowest BCUT2D eigenvalue weighted by Gasteiger charge is -2.29. The number of benzene rings is 1. The number of para-hydroxylation sites is 2. The van der Waals surface area contributed by atoms with E-state index in [1.807, 2.05) is 38.1 Å². The van der Waals surface area contributed by atoms with Crippen LogP contribution in [-0.2, 0) is 4.79 Å². The third kappa shape index (κ3) is 4.01. The van der Waals surface area contributed by atoms with Crippen LogP contribution in [0.4, 0.5) is 0 Å². The zero-order valence-corrected chi connectivity index (χ0v) is 13.9. The first-order valence-corrected chi connectivity index (χ1v) is 8.56. The Balaban J connectivity index is 1.85. The molecule has 3 N–H and O–H groups in total. The van der Waals surface area contributed by atoms with Gasteiger partial charge in [0.25, 0.3) is 0 Å². The number of aromatic nitrogens is 2. The van der Waals surface area contributed by atoms with Gasteiger partial charge in [0.2, 0.25) is 5.91 Å². The van der Waals surface area contributed by atoms with Gasteiger partial charge in [-0.3, -0.25) is 4.79 Å². The van der Waals surface area contributed by atoms with Gasteiger partial charge in [-0.15, -0.1) is 0 Å². The molecule has 0 spiro atoms. The lowest BCUT2D eigenvalue weighted by molar-refractivity contribution is -0.119. The molecule has 0 unspecified atom stereocenters. The Bertz CT molecular complexity index is 581. The Morgan fingerprint density at radius 3 is 2.73 bits per heavy atom. The van der Waals surface area contributed by atoms with Crippen LogP contribution in [0.15, 0.2) is 29.4 Å². The van der Waals surface area contributed by atoms with Crippen LogP contribution in [-0.4, -0.2) is 39.9 Å². The van der Waals surface area contributed by atoms with Gasteiger partial charge in [-0.1, -0.05) is 37.7 Å². The standard InChI is InChI=1S/C16H23N3O2S/c1-3-16(4-2,11-20)10-17-14(21)9-22-15-18-12-7-5-6-8-13(12)19-15/h5-8,20H,3-4,9-11H2,1-2H3,(H,17,21)(H,18,19). The average Bonchev–Trinajstić information content (AvgIpc) is 2.97. The molecule has 0 saturated carbocycles. The molecular weight excluding hydrogens is 298 g/mol. The number of aliphatic hydroxyl groups excluding tert-OH is 1. The number of imidazole rings is 1. The number of nitrogens with zero attached hydrogens (tertiary/aromatic N) is 1. The minimum absolute atomic E-state index is 0.0369. The summed E-state index contributed by atoms with van der Waals surface area (Å²) in [4.78, 5) is 19.6. The highest BCUT2D eigenvalue weighted by molar-refractivity contribution is 7.99. The molecule has 0 aliphatic carbocycles. The van der Waals surface area contributed by atoms with E-state index in [-0.39, 0.29) is 17.9 Å². The predicted molar refractivity (Wildman–Crippen MR) is 89.9 cm³/mol. The predicted octanol–water partition coefficient (Wildman–Crippen LogP) is 2.57. The van der Waals surface area contributed by atoms with Crippen molar-refractivity contribution in [3.05, 3.63) is 24.3 Å². The Kier molecular flexibility index (Phi) is 5.85. The van der Waals surface area contributed by atoms with E-state index in [4.69, 9.17) is 0 Å². The fourth-order valence-electron chi connectivity index (χ4n) is 2.25. The second-order valence-corrected chi connectivity index (χ2v) is 6.45. The summed E-state index contributed by atoms with van der Waals surface area (Å²) in [6.45, 7) is 4.68. The number of rotatable bonds is 8. The highest BCUT2D eigenvalue weighted by Gasteiger charge is 2.25. The van der Waals surface area contributed by atoms with Gasteiger partial charge in [-0.25, -0.2) is 4.98 Å². The Morgan fingerprint density at radius 2 is 2.09 bits per heavy atom. The number of aromatic amines is 1. The molecule has 0 saturated heterocycles. The molecule has 1 aromatic heterocycles. The molecule has 0 aliphatic heterocycles. The van der Waals surface area contributed by atoms with E-state index in [2.05, 4.69) is 15.3 Å². The van der Waals surface area contributed by atoms with Crippen LogP contribution in [0.5, 0.6) is 0 Å². The van der Waals surface area contributed by atoms with Gasteiger partial charge in [-0.05, 0) is 25.0 Å². The van der Waals surface area contributed by atoms with Gasteiger partial charge < -0.3 is 15.4 Å². The summed E-state index contributed by atoms with van der Waals surface area (Å²) < 4.78 is 0. The van der Waals surface area contributed by atoms with Crippen LogP contribution in [0.3, 0.4) is 0 Å². The quantitative estimate of drug-likeness (QED) is 0.653. The van der Waals surface area contributed by atoms with E-state index < -0.39 is 0 Å². The molecule has 22 heavy (non-hydrogen) atoms. The van der Waals surface area contributed by atoms with E-state index in [1.165, 1.54) is 11.8 Å². The Hall–Kier alpha value is -1.53. The van der Waals surface area contributed by atoms with Gasteiger partial charge >= 0.3 is 0 Å².